The highest BCUT2D eigenvalue weighted by Gasteiger charge is 2.20. The first-order valence-corrected chi connectivity index (χ1v) is 7.82. The molecule has 0 aromatic rings. The van der Waals surface area contributed by atoms with Crippen LogP contribution >= 0.6 is 11.8 Å². The Balaban J connectivity index is 2.16. The summed E-state index contributed by atoms with van der Waals surface area (Å²) in [5, 5.41) is 9.05. The molecule has 1 fully saturated rings. The Morgan fingerprint density at radius 2 is 2.19 bits per heavy atom. The quantitative estimate of drug-likeness (QED) is 0.698. The fourth-order valence-corrected chi connectivity index (χ4v) is 3.33. The van der Waals surface area contributed by atoms with E-state index >= 15 is 0 Å². The molecule has 0 saturated carbocycles. The molecule has 1 unspecified atom stereocenters. The Morgan fingerprint density at radius 3 is 2.88 bits per heavy atom. The van der Waals surface area contributed by atoms with Gasteiger partial charge in [-0.05, 0) is 37.5 Å². The number of hydrogen-bond donors (Lipinski definition) is 1. The zero-order chi connectivity index (χ0) is 11.8. The minimum Gasteiger partial charge on any atom is -0.396 e. The molecule has 3 heteroatoms. The number of likely N-dealkylation sites (tertiary alicyclic amines) is 1. The van der Waals surface area contributed by atoms with Crippen molar-refractivity contribution in [2.75, 3.05) is 31.2 Å². The summed E-state index contributed by atoms with van der Waals surface area (Å²) in [7, 11) is 0. The Morgan fingerprint density at radius 1 is 1.38 bits per heavy atom. The number of piperidine rings is 1. The van der Waals surface area contributed by atoms with Crippen molar-refractivity contribution in [1.29, 1.82) is 0 Å². The molecule has 0 spiro atoms. The van der Waals surface area contributed by atoms with Gasteiger partial charge >= 0.3 is 0 Å². The largest absolute Gasteiger partial charge is 0.396 e. The van der Waals surface area contributed by atoms with E-state index in [0.29, 0.717) is 12.6 Å². The smallest absolute Gasteiger partial charge is 0.0445 e. The first kappa shape index (κ1) is 14.3. The minimum atomic E-state index is 0.348. The summed E-state index contributed by atoms with van der Waals surface area (Å²) in [5.41, 5.74) is 0. The molecule has 16 heavy (non-hydrogen) atoms. The van der Waals surface area contributed by atoms with Crippen molar-refractivity contribution in [2.24, 2.45) is 5.92 Å². The van der Waals surface area contributed by atoms with E-state index in [1.54, 1.807) is 0 Å². The van der Waals surface area contributed by atoms with Crippen LogP contribution in [-0.4, -0.2) is 47.3 Å². The molecule has 1 atom stereocenters. The summed E-state index contributed by atoms with van der Waals surface area (Å²) in [6.07, 6.45) is 4.95. The predicted molar refractivity (Wildman–Crippen MR) is 73.1 cm³/mol. The van der Waals surface area contributed by atoms with Crippen molar-refractivity contribution >= 4 is 11.8 Å². The molecule has 0 amide bonds. The first-order valence-electron chi connectivity index (χ1n) is 6.66. The van der Waals surface area contributed by atoms with Crippen molar-refractivity contribution in [3.63, 3.8) is 0 Å². The molecular weight excluding hydrogens is 218 g/mol. The standard InChI is InChI=1S/C13H27NOS/c1-12(2)11-16-10-8-14-7-4-3-5-13(14)6-9-15/h12-13,15H,3-11H2,1-2H3. The van der Waals surface area contributed by atoms with E-state index in [0.717, 1.165) is 12.3 Å². The highest BCUT2D eigenvalue weighted by molar-refractivity contribution is 7.99. The van der Waals surface area contributed by atoms with Crippen LogP contribution in [0.1, 0.15) is 39.5 Å². The molecule has 0 aliphatic carbocycles. The molecular formula is C13H27NOS. The van der Waals surface area contributed by atoms with Gasteiger partial charge in [0.2, 0.25) is 0 Å². The van der Waals surface area contributed by atoms with Crippen molar-refractivity contribution in [3.8, 4) is 0 Å². The lowest BCUT2D eigenvalue weighted by atomic mass is 10.00. The third kappa shape index (κ3) is 5.55. The second kappa shape index (κ2) is 8.37. The van der Waals surface area contributed by atoms with Gasteiger partial charge in [-0.15, -0.1) is 0 Å². The van der Waals surface area contributed by atoms with Crippen LogP contribution < -0.4 is 0 Å². The molecule has 1 aliphatic rings. The highest BCUT2D eigenvalue weighted by Crippen LogP contribution is 2.20. The van der Waals surface area contributed by atoms with Crippen LogP contribution in [0.2, 0.25) is 0 Å². The van der Waals surface area contributed by atoms with Gasteiger partial charge in [-0.25, -0.2) is 0 Å². The number of nitrogens with zero attached hydrogens (tertiary/aromatic N) is 1. The van der Waals surface area contributed by atoms with Crippen molar-refractivity contribution in [2.45, 2.75) is 45.6 Å². The third-order valence-electron chi connectivity index (χ3n) is 3.19. The number of aliphatic hydroxyl groups excluding tert-OH is 1. The van der Waals surface area contributed by atoms with Gasteiger partial charge < -0.3 is 5.11 Å². The molecule has 1 heterocycles. The van der Waals surface area contributed by atoms with Gasteiger partial charge in [0.15, 0.2) is 0 Å². The molecule has 0 aromatic carbocycles. The van der Waals surface area contributed by atoms with E-state index in [1.807, 2.05) is 0 Å². The number of rotatable bonds is 7. The minimum absolute atomic E-state index is 0.348. The van der Waals surface area contributed by atoms with E-state index in [4.69, 9.17) is 5.11 Å². The molecule has 1 rings (SSSR count). The molecule has 1 N–H and O–H groups in total. The zero-order valence-electron chi connectivity index (χ0n) is 10.8. The van der Waals surface area contributed by atoms with Crippen molar-refractivity contribution in [3.05, 3.63) is 0 Å². The Hall–Kier alpha value is 0.270. The van der Waals surface area contributed by atoms with Crippen molar-refractivity contribution < 1.29 is 5.11 Å². The van der Waals surface area contributed by atoms with Crippen LogP contribution in [0.15, 0.2) is 0 Å². The SMILES string of the molecule is CC(C)CSCCN1CCCCC1CCO. The second-order valence-corrected chi connectivity index (χ2v) is 6.32. The maximum Gasteiger partial charge on any atom is 0.0445 e. The molecule has 96 valence electrons. The fraction of sp³-hybridized carbons (Fsp3) is 1.00. The summed E-state index contributed by atoms with van der Waals surface area (Å²) in [6.45, 7) is 7.36. The van der Waals surface area contributed by atoms with Crippen LogP contribution in [0.5, 0.6) is 0 Å². The van der Waals surface area contributed by atoms with Gasteiger partial charge in [0.05, 0.1) is 0 Å². The van der Waals surface area contributed by atoms with Crippen LogP contribution in [0.4, 0.5) is 0 Å². The molecule has 0 aromatic heterocycles. The molecule has 2 nitrogen and oxygen atoms in total. The predicted octanol–water partition coefficient (Wildman–Crippen LogP) is 2.61. The molecule has 1 saturated heterocycles. The van der Waals surface area contributed by atoms with Gasteiger partial charge in [0.25, 0.3) is 0 Å². The zero-order valence-corrected chi connectivity index (χ0v) is 11.6. The molecule has 0 radical (unpaired) electrons. The van der Waals surface area contributed by atoms with E-state index in [-0.39, 0.29) is 0 Å². The maximum absolute atomic E-state index is 9.05. The van der Waals surface area contributed by atoms with Crippen LogP contribution in [-0.2, 0) is 0 Å². The summed E-state index contributed by atoms with van der Waals surface area (Å²) in [6, 6.07) is 0.651. The van der Waals surface area contributed by atoms with Gasteiger partial charge in [0, 0.05) is 24.9 Å². The van der Waals surface area contributed by atoms with Gasteiger partial charge in [-0.2, -0.15) is 11.8 Å². The average Bonchev–Trinajstić information content (AvgIpc) is 2.26. The Bertz CT molecular complexity index is 173. The summed E-state index contributed by atoms with van der Waals surface area (Å²) in [4.78, 5) is 2.59. The third-order valence-corrected chi connectivity index (χ3v) is 4.56. The normalized spacial score (nSPS) is 22.9. The van der Waals surface area contributed by atoms with E-state index < -0.39 is 0 Å². The van der Waals surface area contributed by atoms with E-state index in [1.165, 1.54) is 43.9 Å². The lowest BCUT2D eigenvalue weighted by molar-refractivity contribution is 0.126. The van der Waals surface area contributed by atoms with E-state index in [9.17, 15) is 0 Å². The summed E-state index contributed by atoms with van der Waals surface area (Å²) in [5.74, 6) is 3.33. The monoisotopic (exact) mass is 245 g/mol. The Labute approximate surface area is 105 Å². The van der Waals surface area contributed by atoms with Crippen molar-refractivity contribution in [1.82, 2.24) is 4.90 Å². The number of thioether (sulfide) groups is 1. The lowest BCUT2D eigenvalue weighted by Crippen LogP contribution is -2.41. The van der Waals surface area contributed by atoms with Gasteiger partial charge in [-0.1, -0.05) is 20.3 Å². The number of hydrogen-bond acceptors (Lipinski definition) is 3. The first-order chi connectivity index (χ1) is 7.74. The average molecular weight is 245 g/mol. The summed E-state index contributed by atoms with van der Waals surface area (Å²) >= 11 is 2.07. The maximum atomic E-state index is 9.05. The van der Waals surface area contributed by atoms with Gasteiger partial charge in [-0.3, -0.25) is 4.90 Å². The lowest BCUT2D eigenvalue weighted by Gasteiger charge is -2.35. The molecule has 0 bridgehead atoms. The van der Waals surface area contributed by atoms with Crippen LogP contribution in [0, 0.1) is 5.92 Å². The topological polar surface area (TPSA) is 23.5 Å². The van der Waals surface area contributed by atoms with Gasteiger partial charge in [0.1, 0.15) is 0 Å². The fourth-order valence-electron chi connectivity index (χ4n) is 2.33. The highest BCUT2D eigenvalue weighted by atomic mass is 32.2. The molecule has 1 aliphatic heterocycles. The Kier molecular flexibility index (Phi) is 7.50. The van der Waals surface area contributed by atoms with Crippen LogP contribution in [0.3, 0.4) is 0 Å². The summed E-state index contributed by atoms with van der Waals surface area (Å²) < 4.78 is 0. The number of aliphatic hydroxyl groups is 1. The second-order valence-electron chi connectivity index (χ2n) is 5.17. The van der Waals surface area contributed by atoms with Crippen LogP contribution in [0.25, 0.3) is 0 Å². The van der Waals surface area contributed by atoms with E-state index in [2.05, 4.69) is 30.5 Å².